The number of imidazole rings is 1. The number of nitrogens with one attached hydrogen (secondary N) is 1. The first-order valence-electron chi connectivity index (χ1n) is 6.51. The molecule has 0 saturated heterocycles. The minimum atomic E-state index is -3.40. The molecule has 0 bridgehead atoms. The van der Waals surface area contributed by atoms with Gasteiger partial charge in [0.05, 0.1) is 11.0 Å². The Kier molecular flexibility index (Phi) is 3.79. The Labute approximate surface area is 127 Å². The number of fused-ring (bicyclic) bond motifs is 1. The van der Waals surface area contributed by atoms with Gasteiger partial charge in [0.2, 0.25) is 10.0 Å². The maximum absolute atomic E-state index is 12.0. The molecule has 0 fully saturated rings. The van der Waals surface area contributed by atoms with Crippen LogP contribution in [0, 0.1) is 0 Å². The first kappa shape index (κ1) is 14.2. The van der Waals surface area contributed by atoms with Gasteiger partial charge in [-0.25, -0.2) is 18.1 Å². The van der Waals surface area contributed by atoms with Crippen LogP contribution in [-0.2, 0) is 23.5 Å². The fourth-order valence-electron chi connectivity index (χ4n) is 2.20. The molecular formula is C14H15N3O2S2. The normalized spacial score (nSPS) is 12.0. The third kappa shape index (κ3) is 2.85. The zero-order valence-electron chi connectivity index (χ0n) is 11.5. The van der Waals surface area contributed by atoms with Gasteiger partial charge in [0.15, 0.2) is 0 Å². The van der Waals surface area contributed by atoms with Gasteiger partial charge in [-0.2, -0.15) is 0 Å². The summed E-state index contributed by atoms with van der Waals surface area (Å²) < 4.78 is 29.0. The topological polar surface area (TPSA) is 64.0 Å². The highest BCUT2D eigenvalue weighted by Crippen LogP contribution is 2.16. The van der Waals surface area contributed by atoms with E-state index in [9.17, 15) is 8.42 Å². The third-order valence-electron chi connectivity index (χ3n) is 3.28. The molecule has 2 aromatic heterocycles. The van der Waals surface area contributed by atoms with Crippen molar-refractivity contribution in [2.45, 2.75) is 10.6 Å². The number of sulfonamides is 1. The Bertz CT molecular complexity index is 852. The molecule has 1 N–H and O–H groups in total. The summed E-state index contributed by atoms with van der Waals surface area (Å²) in [4.78, 5) is 4.53. The van der Waals surface area contributed by atoms with Crippen LogP contribution in [0.3, 0.4) is 0 Å². The van der Waals surface area contributed by atoms with Crippen LogP contribution >= 0.6 is 11.3 Å². The van der Waals surface area contributed by atoms with E-state index in [-0.39, 0.29) is 0 Å². The molecule has 3 aromatic rings. The standard InChI is InChI=1S/C14H15N3O2S2/c1-17-12-6-3-2-5-11(12)16-13(17)8-9-15-21(18,19)14-7-4-10-20-14/h2-7,10,15H,8-9H2,1H3. The highest BCUT2D eigenvalue weighted by atomic mass is 32.2. The van der Waals surface area contributed by atoms with E-state index in [0.29, 0.717) is 17.2 Å². The summed E-state index contributed by atoms with van der Waals surface area (Å²) in [7, 11) is -1.46. The van der Waals surface area contributed by atoms with Crippen molar-refractivity contribution < 1.29 is 8.42 Å². The predicted octanol–water partition coefficient (Wildman–Crippen LogP) is 2.16. The molecule has 2 heterocycles. The van der Waals surface area contributed by atoms with Gasteiger partial charge < -0.3 is 4.57 Å². The van der Waals surface area contributed by atoms with Gasteiger partial charge in [0.1, 0.15) is 10.0 Å². The zero-order valence-corrected chi connectivity index (χ0v) is 13.1. The van der Waals surface area contributed by atoms with E-state index in [4.69, 9.17) is 0 Å². The van der Waals surface area contributed by atoms with Crippen LogP contribution < -0.4 is 4.72 Å². The number of para-hydroxylation sites is 2. The third-order valence-corrected chi connectivity index (χ3v) is 6.14. The molecule has 0 spiro atoms. The summed E-state index contributed by atoms with van der Waals surface area (Å²) in [6, 6.07) is 11.2. The van der Waals surface area contributed by atoms with Gasteiger partial charge >= 0.3 is 0 Å². The number of aromatic nitrogens is 2. The maximum Gasteiger partial charge on any atom is 0.250 e. The summed E-state index contributed by atoms with van der Waals surface area (Å²) in [6.45, 7) is 0.331. The molecule has 0 aliphatic carbocycles. The molecule has 1 aromatic carbocycles. The second-order valence-corrected chi connectivity index (χ2v) is 7.60. The molecule has 0 unspecified atom stereocenters. The molecule has 3 rings (SSSR count). The van der Waals surface area contributed by atoms with E-state index in [1.54, 1.807) is 17.5 Å². The monoisotopic (exact) mass is 321 g/mol. The summed E-state index contributed by atoms with van der Waals surface area (Å²) in [5.41, 5.74) is 1.98. The Morgan fingerprint density at radius 2 is 2.05 bits per heavy atom. The lowest BCUT2D eigenvalue weighted by molar-refractivity contribution is 0.582. The Balaban J connectivity index is 1.71. The number of nitrogens with zero attached hydrogens (tertiary/aromatic N) is 2. The van der Waals surface area contributed by atoms with Crippen LogP contribution in [0.5, 0.6) is 0 Å². The van der Waals surface area contributed by atoms with Gasteiger partial charge in [-0.05, 0) is 23.6 Å². The molecule has 7 heteroatoms. The number of aryl methyl sites for hydroxylation is 1. The molecule has 0 aliphatic rings. The van der Waals surface area contributed by atoms with E-state index >= 15 is 0 Å². The average molecular weight is 321 g/mol. The fraction of sp³-hybridized carbons (Fsp3) is 0.214. The fourth-order valence-corrected chi connectivity index (χ4v) is 4.27. The van der Waals surface area contributed by atoms with Gasteiger partial charge in [0.25, 0.3) is 0 Å². The lowest BCUT2D eigenvalue weighted by atomic mass is 10.3. The second kappa shape index (κ2) is 5.59. The number of hydrogen-bond donors (Lipinski definition) is 1. The Morgan fingerprint density at radius 3 is 2.76 bits per heavy atom. The number of thiophene rings is 1. The average Bonchev–Trinajstić information content (AvgIpc) is 3.09. The first-order valence-corrected chi connectivity index (χ1v) is 8.88. The SMILES string of the molecule is Cn1c(CCNS(=O)(=O)c2cccs2)nc2ccccc21. The van der Waals surface area contributed by atoms with Crippen molar-refractivity contribution in [3.63, 3.8) is 0 Å². The highest BCUT2D eigenvalue weighted by molar-refractivity contribution is 7.91. The lowest BCUT2D eigenvalue weighted by Gasteiger charge is -2.05. The minimum Gasteiger partial charge on any atom is -0.331 e. The molecule has 21 heavy (non-hydrogen) atoms. The van der Waals surface area contributed by atoms with Crippen molar-refractivity contribution in [3.05, 3.63) is 47.6 Å². The van der Waals surface area contributed by atoms with Crippen molar-refractivity contribution in [1.82, 2.24) is 14.3 Å². The molecular weight excluding hydrogens is 306 g/mol. The molecule has 5 nitrogen and oxygen atoms in total. The highest BCUT2D eigenvalue weighted by Gasteiger charge is 2.15. The van der Waals surface area contributed by atoms with E-state index < -0.39 is 10.0 Å². The van der Waals surface area contributed by atoms with E-state index in [1.807, 2.05) is 35.9 Å². The molecule has 0 atom stereocenters. The molecule has 0 saturated carbocycles. The van der Waals surface area contributed by atoms with Crippen LogP contribution in [0.2, 0.25) is 0 Å². The summed E-state index contributed by atoms with van der Waals surface area (Å²) in [5, 5.41) is 1.75. The van der Waals surface area contributed by atoms with Crippen molar-refractivity contribution in [2.75, 3.05) is 6.54 Å². The van der Waals surface area contributed by atoms with Gasteiger partial charge in [0, 0.05) is 20.0 Å². The predicted molar refractivity (Wildman–Crippen MR) is 83.9 cm³/mol. The molecule has 110 valence electrons. The summed E-state index contributed by atoms with van der Waals surface area (Å²) >= 11 is 1.21. The smallest absolute Gasteiger partial charge is 0.250 e. The minimum absolute atomic E-state index is 0.331. The zero-order chi connectivity index (χ0) is 14.9. The largest absolute Gasteiger partial charge is 0.331 e. The molecule has 0 radical (unpaired) electrons. The van der Waals surface area contributed by atoms with Crippen molar-refractivity contribution in [3.8, 4) is 0 Å². The maximum atomic E-state index is 12.0. The van der Waals surface area contributed by atoms with Crippen LogP contribution in [0.4, 0.5) is 0 Å². The van der Waals surface area contributed by atoms with E-state index in [2.05, 4.69) is 9.71 Å². The van der Waals surface area contributed by atoms with Crippen molar-refractivity contribution >= 4 is 32.4 Å². The Hall–Kier alpha value is -1.70. The first-order chi connectivity index (χ1) is 10.1. The van der Waals surface area contributed by atoms with Gasteiger partial charge in [-0.3, -0.25) is 0 Å². The number of hydrogen-bond acceptors (Lipinski definition) is 4. The Morgan fingerprint density at radius 1 is 1.24 bits per heavy atom. The van der Waals surface area contributed by atoms with Crippen LogP contribution in [0.1, 0.15) is 5.82 Å². The molecule has 0 aliphatic heterocycles. The van der Waals surface area contributed by atoms with Crippen LogP contribution in [0.15, 0.2) is 46.0 Å². The van der Waals surface area contributed by atoms with Crippen molar-refractivity contribution in [1.29, 1.82) is 0 Å². The number of rotatable bonds is 5. The summed E-state index contributed by atoms with van der Waals surface area (Å²) in [6.07, 6.45) is 0.551. The molecule has 0 amide bonds. The van der Waals surface area contributed by atoms with Crippen LogP contribution in [-0.4, -0.2) is 24.5 Å². The quantitative estimate of drug-likeness (QED) is 0.783. The van der Waals surface area contributed by atoms with E-state index in [1.165, 1.54) is 11.3 Å². The van der Waals surface area contributed by atoms with Crippen molar-refractivity contribution in [2.24, 2.45) is 7.05 Å². The van der Waals surface area contributed by atoms with Gasteiger partial charge in [-0.15, -0.1) is 11.3 Å². The number of benzene rings is 1. The van der Waals surface area contributed by atoms with Gasteiger partial charge in [-0.1, -0.05) is 18.2 Å². The van der Waals surface area contributed by atoms with E-state index in [0.717, 1.165) is 16.9 Å². The second-order valence-electron chi connectivity index (χ2n) is 4.66. The van der Waals surface area contributed by atoms with Crippen LogP contribution in [0.25, 0.3) is 11.0 Å². The lowest BCUT2D eigenvalue weighted by Crippen LogP contribution is -2.25. The summed E-state index contributed by atoms with van der Waals surface area (Å²) in [5.74, 6) is 0.866.